The number of amides is 1. The minimum atomic E-state index is -2.11. The number of nitro groups is 1. The Balaban J connectivity index is 3.01. The molecule has 3 N–H and O–H groups in total. The van der Waals surface area contributed by atoms with Crippen LogP contribution < -0.4 is 5.32 Å². The lowest BCUT2D eigenvalue weighted by molar-refractivity contribution is -0.385. The van der Waals surface area contributed by atoms with Crippen molar-refractivity contribution in [2.45, 2.75) is 26.4 Å². The first-order chi connectivity index (χ1) is 9.56. The fraction of sp³-hybridized carbons (Fsp3) is 0.385. The van der Waals surface area contributed by atoms with Crippen molar-refractivity contribution in [3.05, 3.63) is 38.9 Å². The normalized spacial score (nSPS) is 13.3. The van der Waals surface area contributed by atoms with Gasteiger partial charge in [-0.2, -0.15) is 0 Å². The van der Waals surface area contributed by atoms with Gasteiger partial charge in [-0.3, -0.25) is 14.9 Å². The molecule has 1 aromatic carbocycles. The number of carboxylic acid groups (broad SMARTS) is 1. The summed E-state index contributed by atoms with van der Waals surface area (Å²) in [5.41, 5.74) is -1.30. The zero-order valence-corrected chi connectivity index (χ0v) is 11.8. The number of aliphatic carboxylic acids is 1. The molecule has 0 radical (unpaired) electrons. The summed E-state index contributed by atoms with van der Waals surface area (Å²) in [5.74, 6) is -2.16. The Hall–Kier alpha value is -2.48. The summed E-state index contributed by atoms with van der Waals surface area (Å²) in [7, 11) is 0. The lowest BCUT2D eigenvalue weighted by atomic mass is 10.0. The van der Waals surface area contributed by atoms with Crippen molar-refractivity contribution in [2.24, 2.45) is 0 Å². The third-order valence-electron chi connectivity index (χ3n) is 3.04. The fourth-order valence-corrected chi connectivity index (χ4v) is 1.71. The van der Waals surface area contributed by atoms with E-state index in [1.54, 1.807) is 13.8 Å². The number of nitrogens with one attached hydrogen (secondary N) is 1. The SMILES string of the molecule is Cc1cc(C)c([N+](=O)[O-])cc1C(=O)NCC(C)(O)C(=O)O. The van der Waals surface area contributed by atoms with Crippen molar-refractivity contribution < 1.29 is 24.7 Å². The third kappa shape index (κ3) is 3.76. The predicted octanol–water partition coefficient (Wildman–Crippen LogP) is 0.777. The van der Waals surface area contributed by atoms with Gasteiger partial charge in [0.15, 0.2) is 5.60 Å². The van der Waals surface area contributed by atoms with Gasteiger partial charge in [-0.05, 0) is 32.4 Å². The van der Waals surface area contributed by atoms with Gasteiger partial charge in [0.1, 0.15) is 0 Å². The zero-order chi connectivity index (χ0) is 16.4. The molecule has 0 fully saturated rings. The molecule has 1 atom stereocenters. The topological polar surface area (TPSA) is 130 Å². The summed E-state index contributed by atoms with van der Waals surface area (Å²) in [4.78, 5) is 33.0. The van der Waals surface area contributed by atoms with Crippen LogP contribution in [0.4, 0.5) is 5.69 Å². The van der Waals surface area contributed by atoms with E-state index in [0.29, 0.717) is 11.1 Å². The number of aliphatic hydroxyl groups is 1. The quantitative estimate of drug-likeness (QED) is 0.543. The number of benzene rings is 1. The minimum absolute atomic E-state index is 0.0634. The molecule has 0 saturated carbocycles. The predicted molar refractivity (Wildman–Crippen MR) is 73.2 cm³/mol. The van der Waals surface area contributed by atoms with Gasteiger partial charge < -0.3 is 15.5 Å². The van der Waals surface area contributed by atoms with Gasteiger partial charge in [0.05, 0.1) is 11.5 Å². The molecule has 114 valence electrons. The number of carbonyl (C=O) groups excluding carboxylic acids is 1. The minimum Gasteiger partial charge on any atom is -0.479 e. The van der Waals surface area contributed by atoms with E-state index in [-0.39, 0.29) is 11.3 Å². The van der Waals surface area contributed by atoms with Gasteiger partial charge in [-0.1, -0.05) is 0 Å². The largest absolute Gasteiger partial charge is 0.479 e. The zero-order valence-electron chi connectivity index (χ0n) is 11.8. The fourth-order valence-electron chi connectivity index (χ4n) is 1.71. The monoisotopic (exact) mass is 296 g/mol. The van der Waals surface area contributed by atoms with Crippen LogP contribution in [0.25, 0.3) is 0 Å². The van der Waals surface area contributed by atoms with Crippen LogP contribution in [-0.2, 0) is 4.79 Å². The highest BCUT2D eigenvalue weighted by molar-refractivity contribution is 5.96. The third-order valence-corrected chi connectivity index (χ3v) is 3.04. The summed E-state index contributed by atoms with van der Waals surface area (Å²) in [6.45, 7) is 3.70. The lowest BCUT2D eigenvalue weighted by Crippen LogP contribution is -2.46. The molecule has 0 aliphatic rings. The second-order valence-electron chi connectivity index (χ2n) is 4.97. The Morgan fingerprint density at radius 2 is 1.90 bits per heavy atom. The molecule has 0 bridgehead atoms. The summed E-state index contributed by atoms with van der Waals surface area (Å²) >= 11 is 0. The van der Waals surface area contributed by atoms with E-state index in [2.05, 4.69) is 5.32 Å². The molecule has 0 spiro atoms. The molecule has 0 aromatic heterocycles. The highest BCUT2D eigenvalue weighted by atomic mass is 16.6. The first-order valence-electron chi connectivity index (χ1n) is 6.06. The molecule has 0 aliphatic heterocycles. The van der Waals surface area contributed by atoms with Crippen molar-refractivity contribution in [1.29, 1.82) is 0 Å². The van der Waals surface area contributed by atoms with Crippen LogP contribution in [0.15, 0.2) is 12.1 Å². The molecule has 1 aromatic rings. The summed E-state index contributed by atoms with van der Waals surface area (Å²) < 4.78 is 0. The van der Waals surface area contributed by atoms with E-state index in [1.165, 1.54) is 6.07 Å². The Morgan fingerprint density at radius 1 is 1.33 bits per heavy atom. The molecule has 0 saturated heterocycles. The van der Waals surface area contributed by atoms with Crippen LogP contribution in [0.1, 0.15) is 28.4 Å². The molecule has 21 heavy (non-hydrogen) atoms. The van der Waals surface area contributed by atoms with Crippen LogP contribution in [0, 0.1) is 24.0 Å². The molecular formula is C13H16N2O6. The maximum absolute atomic E-state index is 12.0. The number of nitrogens with zero attached hydrogens (tertiary/aromatic N) is 1. The van der Waals surface area contributed by atoms with Crippen LogP contribution >= 0.6 is 0 Å². The number of nitro benzene ring substituents is 1. The number of rotatable bonds is 5. The van der Waals surface area contributed by atoms with Crippen molar-refractivity contribution in [1.82, 2.24) is 5.32 Å². The van der Waals surface area contributed by atoms with Crippen molar-refractivity contribution >= 4 is 17.6 Å². The van der Waals surface area contributed by atoms with E-state index in [9.17, 15) is 24.8 Å². The van der Waals surface area contributed by atoms with Crippen LogP contribution in [0.3, 0.4) is 0 Å². The molecule has 0 aliphatic carbocycles. The Kier molecular flexibility index (Phi) is 4.64. The highest BCUT2D eigenvalue weighted by Gasteiger charge is 2.30. The van der Waals surface area contributed by atoms with Crippen LogP contribution in [0.2, 0.25) is 0 Å². The van der Waals surface area contributed by atoms with E-state index in [1.807, 2.05) is 0 Å². The number of hydrogen-bond acceptors (Lipinski definition) is 5. The molecule has 8 heteroatoms. The van der Waals surface area contributed by atoms with Gasteiger partial charge in [0.2, 0.25) is 0 Å². The molecule has 1 rings (SSSR count). The van der Waals surface area contributed by atoms with E-state index >= 15 is 0 Å². The van der Waals surface area contributed by atoms with E-state index in [4.69, 9.17) is 5.11 Å². The Morgan fingerprint density at radius 3 is 2.38 bits per heavy atom. The van der Waals surface area contributed by atoms with Crippen molar-refractivity contribution in [3.8, 4) is 0 Å². The molecule has 0 heterocycles. The molecule has 1 unspecified atom stereocenters. The van der Waals surface area contributed by atoms with Crippen molar-refractivity contribution in [3.63, 3.8) is 0 Å². The second kappa shape index (κ2) is 5.88. The summed E-state index contributed by atoms with van der Waals surface area (Å²) in [6.07, 6.45) is 0. The van der Waals surface area contributed by atoms with Gasteiger partial charge in [-0.25, -0.2) is 4.79 Å². The van der Waals surface area contributed by atoms with Gasteiger partial charge in [0, 0.05) is 17.2 Å². The second-order valence-corrected chi connectivity index (χ2v) is 4.97. The average Bonchev–Trinajstić information content (AvgIpc) is 2.35. The Labute approximate surface area is 120 Å². The standard InChI is InChI=1S/C13H16N2O6/c1-7-4-8(2)10(15(20)21)5-9(7)11(16)14-6-13(3,19)12(17)18/h4-5,19H,6H2,1-3H3,(H,14,16)(H,17,18). The highest BCUT2D eigenvalue weighted by Crippen LogP contribution is 2.22. The van der Waals surface area contributed by atoms with Gasteiger partial charge >= 0.3 is 5.97 Å². The number of hydrogen-bond donors (Lipinski definition) is 3. The first kappa shape index (κ1) is 16.6. The van der Waals surface area contributed by atoms with E-state index in [0.717, 1.165) is 13.0 Å². The van der Waals surface area contributed by atoms with Gasteiger partial charge in [-0.15, -0.1) is 0 Å². The smallest absolute Gasteiger partial charge is 0.337 e. The van der Waals surface area contributed by atoms with Crippen LogP contribution in [-0.4, -0.2) is 39.2 Å². The van der Waals surface area contributed by atoms with Crippen LogP contribution in [0.5, 0.6) is 0 Å². The lowest BCUT2D eigenvalue weighted by Gasteiger charge is -2.18. The summed E-state index contributed by atoms with van der Waals surface area (Å²) in [6, 6.07) is 2.64. The number of carboxylic acids is 1. The van der Waals surface area contributed by atoms with E-state index < -0.39 is 28.9 Å². The molecular weight excluding hydrogens is 280 g/mol. The maximum atomic E-state index is 12.0. The van der Waals surface area contributed by atoms with Gasteiger partial charge in [0.25, 0.3) is 11.6 Å². The Bertz CT molecular complexity index is 609. The number of carbonyl (C=O) groups is 2. The molecule has 8 nitrogen and oxygen atoms in total. The first-order valence-corrected chi connectivity index (χ1v) is 6.06. The average molecular weight is 296 g/mol. The number of aryl methyl sites for hydroxylation is 2. The van der Waals surface area contributed by atoms with Crippen molar-refractivity contribution in [2.75, 3.05) is 6.54 Å². The molecule has 1 amide bonds. The summed E-state index contributed by atoms with van der Waals surface area (Å²) in [5, 5.41) is 31.4. The maximum Gasteiger partial charge on any atom is 0.337 e.